The average Bonchev–Trinajstić information content (AvgIpc) is 2.90. The molecule has 0 saturated carbocycles. The number of nitrogens with one attached hydrogen (secondary N) is 2. The van der Waals surface area contributed by atoms with Gasteiger partial charge in [-0.15, -0.1) is 0 Å². The van der Waals surface area contributed by atoms with Gasteiger partial charge in [0, 0.05) is 25.2 Å². The van der Waals surface area contributed by atoms with Gasteiger partial charge in [0.2, 0.25) is 0 Å². The van der Waals surface area contributed by atoms with Crippen molar-refractivity contribution < 1.29 is 0 Å². The van der Waals surface area contributed by atoms with Gasteiger partial charge in [0.1, 0.15) is 0 Å². The van der Waals surface area contributed by atoms with Crippen LogP contribution in [0.15, 0.2) is 24.3 Å². The van der Waals surface area contributed by atoms with Crippen molar-refractivity contribution in [3.8, 4) is 11.3 Å². The third-order valence-electron chi connectivity index (χ3n) is 3.39. The molecular weight excluding hydrogens is 280 g/mol. The van der Waals surface area contributed by atoms with Crippen LogP contribution in [0.4, 0.5) is 5.13 Å². The third kappa shape index (κ3) is 3.81. The first-order valence-electron chi connectivity index (χ1n) is 7.15. The van der Waals surface area contributed by atoms with Gasteiger partial charge in [-0.1, -0.05) is 29.5 Å². The number of nitrogens with zero attached hydrogens (tertiary/aromatic N) is 2. The Morgan fingerprint density at radius 2 is 2.05 bits per heavy atom. The minimum atomic E-state index is 0.289. The Balaban J connectivity index is 2.43. The molecule has 0 aliphatic rings. The average molecular weight is 304 g/mol. The number of hydrogen-bond acceptors (Lipinski definition) is 5. The molecule has 0 bridgehead atoms. The molecule has 0 fully saturated rings. The van der Waals surface area contributed by atoms with E-state index in [-0.39, 0.29) is 6.04 Å². The molecule has 21 heavy (non-hydrogen) atoms. The van der Waals surface area contributed by atoms with Crippen LogP contribution in [0.25, 0.3) is 11.3 Å². The molecular formula is C16H24N4S. The first-order chi connectivity index (χ1) is 10.0. The van der Waals surface area contributed by atoms with Gasteiger partial charge in [-0.05, 0) is 39.7 Å². The predicted molar refractivity (Wildman–Crippen MR) is 92.0 cm³/mol. The molecule has 1 aromatic heterocycles. The second-order valence-corrected chi connectivity index (χ2v) is 6.46. The van der Waals surface area contributed by atoms with E-state index in [0.717, 1.165) is 17.4 Å². The molecule has 114 valence electrons. The lowest BCUT2D eigenvalue weighted by Crippen LogP contribution is -2.12. The van der Waals surface area contributed by atoms with E-state index in [4.69, 9.17) is 4.98 Å². The summed E-state index contributed by atoms with van der Waals surface area (Å²) in [5, 5.41) is 7.42. The van der Waals surface area contributed by atoms with E-state index < -0.39 is 0 Å². The van der Waals surface area contributed by atoms with Gasteiger partial charge in [-0.2, -0.15) is 0 Å². The monoisotopic (exact) mass is 304 g/mol. The van der Waals surface area contributed by atoms with Gasteiger partial charge in [0.15, 0.2) is 5.13 Å². The summed E-state index contributed by atoms with van der Waals surface area (Å²) in [6.07, 6.45) is 0. The highest BCUT2D eigenvalue weighted by Crippen LogP contribution is 2.35. The van der Waals surface area contributed by atoms with E-state index in [0.29, 0.717) is 0 Å². The molecule has 2 rings (SSSR count). The molecule has 0 spiro atoms. The summed E-state index contributed by atoms with van der Waals surface area (Å²) in [4.78, 5) is 8.19. The van der Waals surface area contributed by atoms with E-state index >= 15 is 0 Å². The fourth-order valence-corrected chi connectivity index (χ4v) is 3.25. The molecule has 2 N–H and O–H groups in total. The van der Waals surface area contributed by atoms with Crippen molar-refractivity contribution in [2.75, 3.05) is 33.5 Å². The summed E-state index contributed by atoms with van der Waals surface area (Å²) < 4.78 is 0. The Kier molecular flexibility index (Phi) is 5.33. The largest absolute Gasteiger partial charge is 0.365 e. The molecule has 0 radical (unpaired) electrons. The summed E-state index contributed by atoms with van der Waals surface area (Å²) in [5.41, 5.74) is 3.57. The van der Waals surface area contributed by atoms with Crippen LogP contribution in [-0.2, 0) is 6.54 Å². The SMILES string of the molecule is CNc1nc(-c2cccc(CN(C)C)c2)c(C(C)NC)s1. The highest BCUT2D eigenvalue weighted by Gasteiger charge is 2.17. The number of benzene rings is 1. The summed E-state index contributed by atoms with van der Waals surface area (Å²) >= 11 is 1.71. The van der Waals surface area contributed by atoms with Gasteiger partial charge in [-0.3, -0.25) is 0 Å². The van der Waals surface area contributed by atoms with E-state index in [1.807, 2.05) is 14.1 Å². The molecule has 4 nitrogen and oxygen atoms in total. The minimum absolute atomic E-state index is 0.289. The molecule has 1 unspecified atom stereocenters. The van der Waals surface area contributed by atoms with Gasteiger partial charge in [0.25, 0.3) is 0 Å². The lowest BCUT2D eigenvalue weighted by Gasteiger charge is -2.12. The Labute approximate surface area is 131 Å². The number of rotatable bonds is 6. The number of hydrogen-bond donors (Lipinski definition) is 2. The predicted octanol–water partition coefficient (Wildman–Crippen LogP) is 3.19. The van der Waals surface area contributed by atoms with Crippen molar-refractivity contribution in [2.45, 2.75) is 19.5 Å². The van der Waals surface area contributed by atoms with Crippen LogP contribution in [0.1, 0.15) is 23.4 Å². The fraction of sp³-hybridized carbons (Fsp3) is 0.438. The maximum atomic E-state index is 4.74. The second kappa shape index (κ2) is 7.02. The molecule has 1 aromatic carbocycles. The fourth-order valence-electron chi connectivity index (χ4n) is 2.25. The minimum Gasteiger partial charge on any atom is -0.365 e. The Morgan fingerprint density at radius 3 is 2.67 bits per heavy atom. The van der Waals surface area contributed by atoms with Gasteiger partial charge >= 0.3 is 0 Å². The quantitative estimate of drug-likeness (QED) is 0.860. The second-order valence-electron chi connectivity index (χ2n) is 5.43. The molecule has 0 saturated heterocycles. The standard InChI is InChI=1S/C16H24N4S/c1-11(17-2)15-14(19-16(18-3)21-15)13-8-6-7-12(9-13)10-20(4)5/h6-9,11,17H,10H2,1-5H3,(H,18,19). The van der Waals surface area contributed by atoms with Crippen LogP contribution in [0, 0.1) is 0 Å². The van der Waals surface area contributed by atoms with Gasteiger partial charge < -0.3 is 15.5 Å². The smallest absolute Gasteiger partial charge is 0.183 e. The maximum absolute atomic E-state index is 4.74. The van der Waals surface area contributed by atoms with Crippen molar-refractivity contribution in [1.29, 1.82) is 0 Å². The van der Waals surface area contributed by atoms with Gasteiger partial charge in [-0.25, -0.2) is 4.98 Å². The summed E-state index contributed by atoms with van der Waals surface area (Å²) in [6.45, 7) is 3.11. The van der Waals surface area contributed by atoms with Crippen molar-refractivity contribution in [1.82, 2.24) is 15.2 Å². The Hall–Kier alpha value is -1.43. The Morgan fingerprint density at radius 1 is 1.29 bits per heavy atom. The maximum Gasteiger partial charge on any atom is 0.183 e. The molecule has 1 heterocycles. The van der Waals surface area contributed by atoms with Crippen molar-refractivity contribution >= 4 is 16.5 Å². The first kappa shape index (κ1) is 15.9. The zero-order valence-electron chi connectivity index (χ0n) is 13.4. The molecule has 0 aliphatic carbocycles. The van der Waals surface area contributed by atoms with Gasteiger partial charge in [0.05, 0.1) is 10.6 Å². The molecule has 1 atom stereocenters. The van der Waals surface area contributed by atoms with E-state index in [1.165, 1.54) is 16.0 Å². The lowest BCUT2D eigenvalue weighted by atomic mass is 10.1. The highest BCUT2D eigenvalue weighted by atomic mass is 32.1. The topological polar surface area (TPSA) is 40.2 Å². The normalized spacial score (nSPS) is 12.7. The zero-order chi connectivity index (χ0) is 15.4. The highest BCUT2D eigenvalue weighted by molar-refractivity contribution is 7.16. The molecule has 5 heteroatoms. The zero-order valence-corrected chi connectivity index (χ0v) is 14.2. The molecule has 0 aliphatic heterocycles. The van der Waals surface area contributed by atoms with Crippen molar-refractivity contribution in [3.63, 3.8) is 0 Å². The number of thiazole rings is 1. The van der Waals surface area contributed by atoms with Crippen molar-refractivity contribution in [3.05, 3.63) is 34.7 Å². The van der Waals surface area contributed by atoms with Crippen LogP contribution in [0.3, 0.4) is 0 Å². The molecule has 0 amide bonds. The van der Waals surface area contributed by atoms with Crippen LogP contribution < -0.4 is 10.6 Å². The van der Waals surface area contributed by atoms with Crippen LogP contribution in [0.5, 0.6) is 0 Å². The molecule has 2 aromatic rings. The van der Waals surface area contributed by atoms with Crippen LogP contribution >= 0.6 is 11.3 Å². The third-order valence-corrected chi connectivity index (χ3v) is 4.65. The van der Waals surface area contributed by atoms with E-state index in [9.17, 15) is 0 Å². The van der Waals surface area contributed by atoms with E-state index in [2.05, 4.69) is 60.8 Å². The first-order valence-corrected chi connectivity index (χ1v) is 7.96. The van der Waals surface area contributed by atoms with Crippen molar-refractivity contribution in [2.24, 2.45) is 0 Å². The number of anilines is 1. The summed E-state index contributed by atoms with van der Waals surface area (Å²) in [5.74, 6) is 0. The van der Waals surface area contributed by atoms with Crippen LogP contribution in [-0.4, -0.2) is 38.1 Å². The Bertz CT molecular complexity index is 592. The summed E-state index contributed by atoms with van der Waals surface area (Å²) in [6, 6.07) is 8.94. The lowest BCUT2D eigenvalue weighted by molar-refractivity contribution is 0.402. The van der Waals surface area contributed by atoms with Crippen LogP contribution in [0.2, 0.25) is 0 Å². The summed E-state index contributed by atoms with van der Waals surface area (Å²) in [7, 11) is 8.07. The number of aromatic nitrogens is 1. The van der Waals surface area contributed by atoms with E-state index in [1.54, 1.807) is 11.3 Å².